The van der Waals surface area contributed by atoms with Crippen LogP contribution in [0.15, 0.2) is 17.0 Å². The van der Waals surface area contributed by atoms with Gasteiger partial charge < -0.3 is 14.9 Å². The number of nitrogens with one attached hydrogen (secondary N) is 1. The van der Waals surface area contributed by atoms with E-state index >= 15 is 0 Å². The third kappa shape index (κ3) is 2.01. The van der Waals surface area contributed by atoms with Gasteiger partial charge in [0.1, 0.15) is 12.2 Å². The molecule has 1 fully saturated rings. The zero-order valence-electron chi connectivity index (χ0n) is 12.3. The minimum atomic E-state index is -2.98. The van der Waals surface area contributed by atoms with Gasteiger partial charge in [-0.25, -0.2) is 4.39 Å². The lowest BCUT2D eigenvalue weighted by atomic mass is 9.99. The number of alkyl halides is 1. The molecule has 0 aromatic carbocycles. The van der Waals surface area contributed by atoms with Crippen LogP contribution in [0.1, 0.15) is 17.3 Å². The number of aliphatic hydroxyl groups is 2. The van der Waals surface area contributed by atoms with Crippen LogP contribution in [0, 0.1) is 4.77 Å². The van der Waals surface area contributed by atoms with Crippen LogP contribution in [0.4, 0.5) is 4.39 Å². The summed E-state index contributed by atoms with van der Waals surface area (Å²) in [5, 5.41) is 19.1. The number of hydrogen-bond donors (Lipinski definition) is 3. The van der Waals surface area contributed by atoms with Gasteiger partial charge in [-0.3, -0.25) is 14.3 Å². The molecular formula is C10H13FN2O4S. The lowest BCUT2D eigenvalue weighted by Gasteiger charge is -2.25. The van der Waals surface area contributed by atoms with Gasteiger partial charge in [0, 0.05) is 12.2 Å². The maximum Gasteiger partial charge on any atom is 0.251 e. The maximum atomic E-state index is 14.7. The summed E-state index contributed by atoms with van der Waals surface area (Å²) >= 11 is 4.85. The van der Waals surface area contributed by atoms with Crippen LogP contribution in [0.2, 0.25) is 0 Å². The molecule has 2 rings (SSSR count). The normalized spacial score (nSPS) is 39.1. The molecular weight excluding hydrogens is 263 g/mol. The van der Waals surface area contributed by atoms with Crippen LogP contribution >= 0.6 is 12.2 Å². The van der Waals surface area contributed by atoms with Crippen molar-refractivity contribution in [3.8, 4) is 0 Å². The van der Waals surface area contributed by atoms with Crippen molar-refractivity contribution >= 4 is 12.2 Å². The van der Waals surface area contributed by atoms with Gasteiger partial charge in [0.15, 0.2) is 16.7 Å². The molecule has 100 valence electrons. The summed E-state index contributed by atoms with van der Waals surface area (Å²) in [5.41, 5.74) is -3.27. The predicted molar refractivity (Wildman–Crippen MR) is 62.4 cm³/mol. The molecule has 4 atom stereocenters. The van der Waals surface area contributed by atoms with E-state index < -0.39 is 42.3 Å². The van der Waals surface area contributed by atoms with Crippen molar-refractivity contribution in [1.82, 2.24) is 9.55 Å². The Morgan fingerprint density at radius 1 is 1.89 bits per heavy atom. The lowest BCUT2D eigenvalue weighted by Crippen LogP contribution is -2.40. The van der Waals surface area contributed by atoms with Gasteiger partial charge in [-0.05, 0) is 19.1 Å². The number of halogens is 1. The van der Waals surface area contributed by atoms with Gasteiger partial charge in [-0.2, -0.15) is 0 Å². The molecule has 1 aliphatic rings. The Balaban J connectivity index is 2.53. The van der Waals surface area contributed by atoms with E-state index in [0.717, 1.165) is 17.7 Å². The third-order valence-electron chi connectivity index (χ3n) is 2.79. The predicted octanol–water partition coefficient (Wildman–Crippen LogP) is -0.115. The highest BCUT2D eigenvalue weighted by Crippen LogP contribution is 2.40. The van der Waals surface area contributed by atoms with Crippen molar-refractivity contribution in [2.24, 2.45) is 0 Å². The molecule has 0 aliphatic carbocycles. The fourth-order valence-electron chi connectivity index (χ4n) is 1.79. The Bertz CT molecular complexity index is 671. The number of ether oxygens (including phenoxy) is 1. The molecule has 1 aromatic rings. The zero-order chi connectivity index (χ0) is 16.2. The van der Waals surface area contributed by atoms with E-state index in [-0.39, 0.29) is 4.77 Å². The van der Waals surface area contributed by atoms with E-state index in [9.17, 15) is 19.4 Å². The summed E-state index contributed by atoms with van der Waals surface area (Å²) in [5.74, 6) is 0. The molecule has 1 saturated heterocycles. The fourth-order valence-corrected chi connectivity index (χ4v) is 2.03. The smallest absolute Gasteiger partial charge is 0.251 e. The average Bonchev–Trinajstić information content (AvgIpc) is 2.56. The van der Waals surface area contributed by atoms with E-state index in [0.29, 0.717) is 0 Å². The zero-order valence-corrected chi connectivity index (χ0v) is 10.1. The minimum absolute atomic E-state index is 0.253. The standard InChI is InChI=1S/C10H13FN2O4S/c1-10(11)7(16)5(4-14)17-8(10)13-3-2-6(15)12-9(13)18/h2-3,5,7-8,14,16H,4H2,1H3,(H,12,15,18)/t5-,7+,8-,10?/m1/s1/i2D,4D2. The molecule has 2 heterocycles. The number of aliphatic hydroxyl groups excluding tert-OH is 1. The quantitative estimate of drug-likeness (QED) is 0.657. The Morgan fingerprint density at radius 2 is 2.56 bits per heavy atom. The van der Waals surface area contributed by atoms with Gasteiger partial charge in [0.05, 0.1) is 10.7 Å². The summed E-state index contributed by atoms with van der Waals surface area (Å²) in [4.78, 5) is 13.4. The Morgan fingerprint density at radius 3 is 3.11 bits per heavy atom. The third-order valence-corrected chi connectivity index (χ3v) is 3.11. The van der Waals surface area contributed by atoms with Crippen molar-refractivity contribution in [2.45, 2.75) is 31.0 Å². The molecule has 0 radical (unpaired) electrons. The van der Waals surface area contributed by atoms with Crippen LogP contribution < -0.4 is 5.56 Å². The number of aromatic nitrogens is 2. The van der Waals surface area contributed by atoms with Crippen LogP contribution in [0.25, 0.3) is 0 Å². The maximum absolute atomic E-state index is 14.7. The van der Waals surface area contributed by atoms with Gasteiger partial charge in [0.2, 0.25) is 0 Å². The van der Waals surface area contributed by atoms with Crippen molar-refractivity contribution in [3.63, 3.8) is 0 Å². The number of nitrogens with zero attached hydrogens (tertiary/aromatic N) is 1. The molecule has 18 heavy (non-hydrogen) atoms. The molecule has 1 aliphatic heterocycles. The summed E-state index contributed by atoms with van der Waals surface area (Å²) in [6.07, 6.45) is -4.50. The average molecular weight is 279 g/mol. The van der Waals surface area contributed by atoms with Crippen molar-refractivity contribution in [3.05, 3.63) is 27.4 Å². The molecule has 8 heteroatoms. The number of aromatic amines is 1. The second kappa shape index (κ2) is 4.54. The van der Waals surface area contributed by atoms with Crippen LogP contribution in [-0.2, 0) is 4.74 Å². The summed E-state index contributed by atoms with van der Waals surface area (Å²) in [6, 6.07) is -0.507. The SMILES string of the molecule is [2H]c1cn([C@@H]2O[C@H](C([2H])([2H])O)[C@H](O)C2(C)F)c(=S)[nH]c1=O. The first-order chi connectivity index (χ1) is 9.46. The summed E-state index contributed by atoms with van der Waals surface area (Å²) in [7, 11) is 0. The van der Waals surface area contributed by atoms with E-state index in [4.69, 9.17) is 21.1 Å². The number of hydrogen-bond acceptors (Lipinski definition) is 5. The van der Waals surface area contributed by atoms with Crippen molar-refractivity contribution in [2.75, 3.05) is 6.56 Å². The van der Waals surface area contributed by atoms with Crippen molar-refractivity contribution in [1.29, 1.82) is 0 Å². The molecule has 0 bridgehead atoms. The first-order valence-electron chi connectivity index (χ1n) is 6.53. The van der Waals surface area contributed by atoms with E-state index in [1.807, 2.05) is 0 Å². The van der Waals surface area contributed by atoms with Crippen LogP contribution in [0.3, 0.4) is 0 Å². The Labute approximate surface area is 111 Å². The van der Waals surface area contributed by atoms with E-state index in [2.05, 4.69) is 4.98 Å². The van der Waals surface area contributed by atoms with Crippen LogP contribution in [-0.4, -0.2) is 44.2 Å². The summed E-state index contributed by atoms with van der Waals surface area (Å²) < 4.78 is 42.1. The molecule has 6 nitrogen and oxygen atoms in total. The Hall–Kier alpha value is -1.09. The molecule has 3 N–H and O–H groups in total. The highest BCUT2D eigenvalue weighted by atomic mass is 32.1. The molecule has 1 aromatic heterocycles. The first kappa shape index (κ1) is 9.79. The van der Waals surface area contributed by atoms with E-state index in [1.54, 1.807) is 0 Å². The topological polar surface area (TPSA) is 87.5 Å². The molecule has 0 amide bonds. The first-order valence-corrected chi connectivity index (χ1v) is 5.44. The van der Waals surface area contributed by atoms with Gasteiger partial charge in [0.25, 0.3) is 5.56 Å². The fraction of sp³-hybridized carbons (Fsp3) is 0.600. The second-order valence-electron chi connectivity index (χ2n) is 4.07. The number of rotatable bonds is 2. The molecule has 1 unspecified atom stereocenters. The Kier molecular flexibility index (Phi) is 2.47. The summed E-state index contributed by atoms with van der Waals surface area (Å²) in [6.45, 7) is -2.03. The number of H-pyrrole nitrogens is 1. The minimum Gasteiger partial charge on any atom is -0.394 e. The lowest BCUT2D eigenvalue weighted by molar-refractivity contribution is -0.0601. The van der Waals surface area contributed by atoms with Crippen molar-refractivity contribution < 1.29 is 23.5 Å². The monoisotopic (exact) mass is 279 g/mol. The van der Waals surface area contributed by atoms with Gasteiger partial charge in [-0.1, -0.05) is 0 Å². The molecule has 0 spiro atoms. The van der Waals surface area contributed by atoms with E-state index in [1.165, 1.54) is 0 Å². The largest absolute Gasteiger partial charge is 0.394 e. The van der Waals surface area contributed by atoms with Gasteiger partial charge >= 0.3 is 0 Å². The highest BCUT2D eigenvalue weighted by molar-refractivity contribution is 7.71. The van der Waals surface area contributed by atoms with Gasteiger partial charge in [-0.15, -0.1) is 0 Å². The van der Waals surface area contributed by atoms with Crippen LogP contribution in [0.5, 0.6) is 0 Å². The molecule has 0 saturated carbocycles. The highest BCUT2D eigenvalue weighted by Gasteiger charge is 2.54. The second-order valence-corrected chi connectivity index (χ2v) is 4.46.